The van der Waals surface area contributed by atoms with Gasteiger partial charge in [-0.25, -0.2) is 0 Å². The highest BCUT2D eigenvalue weighted by atomic mass is 35.5. The molecular formula is C18H27ClN2O. The van der Waals surface area contributed by atoms with Crippen LogP contribution in [0.1, 0.15) is 38.2 Å². The fourth-order valence-electron chi connectivity index (χ4n) is 3.33. The number of amides is 1. The lowest BCUT2D eigenvalue weighted by atomic mass is 9.96. The first kappa shape index (κ1) is 17.3. The van der Waals surface area contributed by atoms with Crippen molar-refractivity contribution in [1.29, 1.82) is 0 Å². The second-order valence-electron chi connectivity index (χ2n) is 6.57. The minimum absolute atomic E-state index is 0. The first-order valence-corrected chi connectivity index (χ1v) is 8.31. The maximum atomic E-state index is 13.0. The molecule has 1 aromatic carbocycles. The van der Waals surface area contributed by atoms with Crippen molar-refractivity contribution in [3.63, 3.8) is 0 Å². The van der Waals surface area contributed by atoms with E-state index in [1.54, 1.807) is 0 Å². The van der Waals surface area contributed by atoms with E-state index in [0.717, 1.165) is 32.5 Å². The molecule has 1 aliphatic carbocycles. The van der Waals surface area contributed by atoms with Gasteiger partial charge in [0.25, 0.3) is 0 Å². The smallest absolute Gasteiger partial charge is 0.227 e. The van der Waals surface area contributed by atoms with Gasteiger partial charge in [-0.15, -0.1) is 12.4 Å². The summed E-state index contributed by atoms with van der Waals surface area (Å²) in [6, 6.07) is 10.8. The molecule has 1 heterocycles. The van der Waals surface area contributed by atoms with Crippen molar-refractivity contribution in [3.05, 3.63) is 35.9 Å². The Labute approximate surface area is 139 Å². The van der Waals surface area contributed by atoms with E-state index in [1.165, 1.54) is 18.4 Å². The summed E-state index contributed by atoms with van der Waals surface area (Å²) in [6.45, 7) is 4.89. The molecule has 1 unspecified atom stereocenters. The fourth-order valence-corrected chi connectivity index (χ4v) is 3.33. The maximum absolute atomic E-state index is 13.0. The molecule has 3 nitrogen and oxygen atoms in total. The standard InChI is InChI=1S/C18H26N2O.ClH/c1-14(16-9-10-16)20(13-15-6-3-2-4-7-15)18(21)17-8-5-11-19-12-17;/h2-4,6-7,14,16-17,19H,5,8-13H2,1H3;1H/t14?,17-;/m1./s1. The molecule has 122 valence electrons. The van der Waals surface area contributed by atoms with E-state index >= 15 is 0 Å². The number of hydrogen-bond acceptors (Lipinski definition) is 2. The van der Waals surface area contributed by atoms with Crippen LogP contribution in [0, 0.1) is 11.8 Å². The summed E-state index contributed by atoms with van der Waals surface area (Å²) in [5, 5.41) is 3.37. The molecule has 4 heteroatoms. The van der Waals surface area contributed by atoms with Gasteiger partial charge in [0.2, 0.25) is 5.91 Å². The minimum atomic E-state index is 0. The van der Waals surface area contributed by atoms with Crippen molar-refractivity contribution < 1.29 is 4.79 Å². The van der Waals surface area contributed by atoms with Gasteiger partial charge in [0.1, 0.15) is 0 Å². The molecule has 1 amide bonds. The van der Waals surface area contributed by atoms with Crippen LogP contribution >= 0.6 is 12.4 Å². The van der Waals surface area contributed by atoms with Crippen LogP contribution in [0.3, 0.4) is 0 Å². The maximum Gasteiger partial charge on any atom is 0.227 e. The third-order valence-corrected chi connectivity index (χ3v) is 4.92. The minimum Gasteiger partial charge on any atom is -0.335 e. The number of piperidine rings is 1. The third-order valence-electron chi connectivity index (χ3n) is 4.92. The number of nitrogens with one attached hydrogen (secondary N) is 1. The van der Waals surface area contributed by atoms with E-state index in [9.17, 15) is 4.79 Å². The first-order valence-electron chi connectivity index (χ1n) is 8.31. The molecule has 1 N–H and O–H groups in total. The molecule has 1 saturated heterocycles. The third kappa shape index (κ3) is 4.23. The lowest BCUT2D eigenvalue weighted by Crippen LogP contribution is -2.46. The van der Waals surface area contributed by atoms with Crippen LogP contribution in [-0.2, 0) is 11.3 Å². The van der Waals surface area contributed by atoms with Crippen LogP contribution in [0.5, 0.6) is 0 Å². The van der Waals surface area contributed by atoms with Crippen molar-refractivity contribution in [1.82, 2.24) is 10.2 Å². The zero-order valence-electron chi connectivity index (χ0n) is 13.3. The van der Waals surface area contributed by atoms with Crippen LogP contribution < -0.4 is 5.32 Å². The number of benzene rings is 1. The highest BCUT2D eigenvalue weighted by Gasteiger charge is 2.36. The zero-order chi connectivity index (χ0) is 14.7. The van der Waals surface area contributed by atoms with Crippen LogP contribution in [0.2, 0.25) is 0 Å². The van der Waals surface area contributed by atoms with Gasteiger partial charge in [-0.05, 0) is 50.6 Å². The first-order chi connectivity index (χ1) is 10.3. The fraction of sp³-hybridized carbons (Fsp3) is 0.611. The van der Waals surface area contributed by atoms with Gasteiger partial charge in [-0.2, -0.15) is 0 Å². The molecular weight excluding hydrogens is 296 g/mol. The summed E-state index contributed by atoms with van der Waals surface area (Å²) in [6.07, 6.45) is 4.72. The summed E-state index contributed by atoms with van der Waals surface area (Å²) < 4.78 is 0. The monoisotopic (exact) mass is 322 g/mol. The van der Waals surface area contributed by atoms with Crippen molar-refractivity contribution >= 4 is 18.3 Å². The number of carbonyl (C=O) groups is 1. The van der Waals surface area contributed by atoms with Gasteiger partial charge < -0.3 is 10.2 Å². The van der Waals surface area contributed by atoms with E-state index in [0.29, 0.717) is 17.9 Å². The lowest BCUT2D eigenvalue weighted by Gasteiger charge is -2.34. The van der Waals surface area contributed by atoms with Crippen molar-refractivity contribution in [2.75, 3.05) is 13.1 Å². The zero-order valence-corrected chi connectivity index (χ0v) is 14.1. The van der Waals surface area contributed by atoms with Gasteiger partial charge in [0.15, 0.2) is 0 Å². The Kier molecular flexibility index (Phi) is 6.27. The number of rotatable bonds is 5. The Bertz CT molecular complexity index is 469. The second-order valence-corrected chi connectivity index (χ2v) is 6.57. The summed E-state index contributed by atoms with van der Waals surface area (Å²) in [5.41, 5.74) is 1.24. The highest BCUT2D eigenvalue weighted by Crippen LogP contribution is 2.36. The Hall–Kier alpha value is -1.06. The molecule has 2 atom stereocenters. The molecule has 0 spiro atoms. The van der Waals surface area contributed by atoms with Crippen molar-refractivity contribution in [2.24, 2.45) is 11.8 Å². The largest absolute Gasteiger partial charge is 0.335 e. The molecule has 2 aliphatic rings. The lowest BCUT2D eigenvalue weighted by molar-refractivity contribution is -0.139. The quantitative estimate of drug-likeness (QED) is 0.902. The molecule has 0 radical (unpaired) electrons. The topological polar surface area (TPSA) is 32.3 Å². The van der Waals surface area contributed by atoms with Gasteiger partial charge in [0.05, 0.1) is 5.92 Å². The number of hydrogen-bond donors (Lipinski definition) is 1. The molecule has 0 aromatic heterocycles. The SMILES string of the molecule is CC(C1CC1)N(Cc1ccccc1)C(=O)[C@@H]1CCCNC1.Cl. The molecule has 1 aliphatic heterocycles. The van der Waals surface area contributed by atoms with Crippen LogP contribution in [0.15, 0.2) is 30.3 Å². The van der Waals surface area contributed by atoms with Gasteiger partial charge in [-0.1, -0.05) is 30.3 Å². The van der Waals surface area contributed by atoms with Crippen molar-refractivity contribution in [3.8, 4) is 0 Å². The van der Waals surface area contributed by atoms with E-state index < -0.39 is 0 Å². The van der Waals surface area contributed by atoms with Gasteiger partial charge in [0, 0.05) is 19.1 Å². The Morgan fingerprint density at radius 2 is 2.00 bits per heavy atom. The predicted molar refractivity (Wildman–Crippen MR) is 92.0 cm³/mol. The van der Waals surface area contributed by atoms with E-state index in [4.69, 9.17) is 0 Å². The summed E-state index contributed by atoms with van der Waals surface area (Å²) in [7, 11) is 0. The average molecular weight is 323 g/mol. The van der Waals surface area contributed by atoms with E-state index in [2.05, 4.69) is 41.4 Å². The predicted octanol–water partition coefficient (Wildman–Crippen LogP) is 3.24. The molecule has 3 rings (SSSR count). The number of nitrogens with zero attached hydrogens (tertiary/aromatic N) is 1. The average Bonchev–Trinajstić information content (AvgIpc) is 3.38. The summed E-state index contributed by atoms with van der Waals surface area (Å²) in [4.78, 5) is 15.1. The van der Waals surface area contributed by atoms with Crippen LogP contribution in [-0.4, -0.2) is 29.9 Å². The van der Waals surface area contributed by atoms with Crippen molar-refractivity contribution in [2.45, 2.75) is 45.2 Å². The second kappa shape index (κ2) is 7.98. The normalized spacial score (nSPS) is 22.5. The molecule has 0 bridgehead atoms. The number of carbonyl (C=O) groups excluding carboxylic acids is 1. The Balaban J connectivity index is 0.00000176. The molecule has 1 saturated carbocycles. The molecule has 1 aromatic rings. The Morgan fingerprint density at radius 1 is 1.27 bits per heavy atom. The summed E-state index contributed by atoms with van der Waals surface area (Å²) in [5.74, 6) is 1.24. The van der Waals surface area contributed by atoms with Gasteiger partial charge >= 0.3 is 0 Å². The van der Waals surface area contributed by atoms with Gasteiger partial charge in [-0.3, -0.25) is 4.79 Å². The van der Waals surface area contributed by atoms with E-state index in [1.807, 2.05) is 6.07 Å². The van der Waals surface area contributed by atoms with Crippen LogP contribution in [0.4, 0.5) is 0 Å². The number of halogens is 1. The summed E-state index contributed by atoms with van der Waals surface area (Å²) >= 11 is 0. The molecule has 2 fully saturated rings. The highest BCUT2D eigenvalue weighted by molar-refractivity contribution is 5.85. The Morgan fingerprint density at radius 3 is 2.59 bits per heavy atom. The molecule has 22 heavy (non-hydrogen) atoms. The van der Waals surface area contributed by atoms with E-state index in [-0.39, 0.29) is 18.3 Å². The van der Waals surface area contributed by atoms with Crippen LogP contribution in [0.25, 0.3) is 0 Å².